The van der Waals surface area contributed by atoms with Crippen LogP contribution >= 0.6 is 0 Å². The minimum atomic E-state index is -4.58. The molecule has 1 heterocycles. The predicted molar refractivity (Wildman–Crippen MR) is 109 cm³/mol. The van der Waals surface area contributed by atoms with Crippen LogP contribution in [0.4, 0.5) is 19.0 Å². The van der Waals surface area contributed by atoms with Gasteiger partial charge in [0.25, 0.3) is 0 Å². The van der Waals surface area contributed by atoms with Gasteiger partial charge < -0.3 is 15.5 Å². The second kappa shape index (κ2) is 6.98. The zero-order valence-electron chi connectivity index (χ0n) is 16.2. The molecule has 1 aliphatic rings. The van der Waals surface area contributed by atoms with Gasteiger partial charge in [0.15, 0.2) is 5.82 Å². The molecule has 0 radical (unpaired) electrons. The molecule has 3 N–H and O–H groups in total. The lowest BCUT2D eigenvalue weighted by Gasteiger charge is -2.41. The first-order valence-corrected chi connectivity index (χ1v) is 9.39. The normalized spacial score (nSPS) is 21.3. The fraction of sp³-hybridized carbons (Fsp3) is 0.273. The number of nitrogens with zero attached hydrogens (tertiary/aromatic N) is 2. The molecule has 0 spiro atoms. The molecule has 0 amide bonds. The molecule has 1 aliphatic carbocycles. The molecule has 0 unspecified atom stereocenters. The standard InChI is InChI=1S/C22H20F3N3O2/c1-12(22(23,24)25)13-7-8-17(18(29)9-13)19-15-5-3-4-6-16(15)20(28-27-19)26-14-10-21(2,30)11-14/h3-9,14,29-30H,1,10-11H2,2H3,(H,26,28). The second-order valence-electron chi connectivity index (χ2n) is 7.90. The summed E-state index contributed by atoms with van der Waals surface area (Å²) < 4.78 is 38.7. The molecule has 1 aromatic heterocycles. The Labute approximate surface area is 170 Å². The molecule has 1 fully saturated rings. The van der Waals surface area contributed by atoms with Gasteiger partial charge in [-0.05, 0) is 37.5 Å². The molecule has 0 bridgehead atoms. The van der Waals surface area contributed by atoms with Gasteiger partial charge in [0, 0.05) is 22.4 Å². The fourth-order valence-corrected chi connectivity index (χ4v) is 3.79. The third-order valence-corrected chi connectivity index (χ3v) is 5.34. The number of anilines is 1. The number of hydrogen-bond donors (Lipinski definition) is 3. The van der Waals surface area contributed by atoms with E-state index in [2.05, 4.69) is 22.1 Å². The van der Waals surface area contributed by atoms with Gasteiger partial charge in [-0.15, -0.1) is 10.2 Å². The minimum Gasteiger partial charge on any atom is -0.507 e. The van der Waals surface area contributed by atoms with Gasteiger partial charge in [-0.1, -0.05) is 36.9 Å². The van der Waals surface area contributed by atoms with E-state index < -0.39 is 17.4 Å². The monoisotopic (exact) mass is 415 g/mol. The van der Waals surface area contributed by atoms with Crippen molar-refractivity contribution in [3.8, 4) is 17.0 Å². The van der Waals surface area contributed by atoms with Crippen LogP contribution in [0.25, 0.3) is 27.6 Å². The van der Waals surface area contributed by atoms with Gasteiger partial charge in [-0.3, -0.25) is 0 Å². The first-order valence-electron chi connectivity index (χ1n) is 9.39. The van der Waals surface area contributed by atoms with Crippen molar-refractivity contribution in [1.29, 1.82) is 0 Å². The summed E-state index contributed by atoms with van der Waals surface area (Å²) in [5, 5.41) is 33.5. The number of nitrogens with one attached hydrogen (secondary N) is 1. The van der Waals surface area contributed by atoms with Crippen molar-refractivity contribution in [2.45, 2.75) is 37.6 Å². The van der Waals surface area contributed by atoms with Crippen LogP contribution in [-0.4, -0.2) is 38.2 Å². The van der Waals surface area contributed by atoms with Crippen molar-refractivity contribution in [2.75, 3.05) is 5.32 Å². The first-order chi connectivity index (χ1) is 14.0. The number of halogens is 3. The molecule has 8 heteroatoms. The van der Waals surface area contributed by atoms with Crippen LogP contribution < -0.4 is 5.32 Å². The zero-order valence-corrected chi connectivity index (χ0v) is 16.2. The number of aliphatic hydroxyl groups is 1. The number of benzene rings is 2. The summed E-state index contributed by atoms with van der Waals surface area (Å²) >= 11 is 0. The second-order valence-corrected chi connectivity index (χ2v) is 7.90. The van der Waals surface area contributed by atoms with Gasteiger partial charge in [-0.25, -0.2) is 0 Å². The molecule has 0 saturated heterocycles. The third kappa shape index (κ3) is 3.70. The molecule has 0 atom stereocenters. The Bertz CT molecular complexity index is 1130. The summed E-state index contributed by atoms with van der Waals surface area (Å²) in [5.74, 6) is 0.213. The maximum absolute atomic E-state index is 12.9. The Morgan fingerprint density at radius 3 is 2.40 bits per heavy atom. The third-order valence-electron chi connectivity index (χ3n) is 5.34. The van der Waals surface area contributed by atoms with Crippen LogP contribution in [0.3, 0.4) is 0 Å². The number of aromatic nitrogens is 2. The van der Waals surface area contributed by atoms with Crippen LogP contribution in [0.2, 0.25) is 0 Å². The highest BCUT2D eigenvalue weighted by Crippen LogP contribution is 2.40. The fourth-order valence-electron chi connectivity index (χ4n) is 3.79. The summed E-state index contributed by atoms with van der Waals surface area (Å²) in [7, 11) is 0. The van der Waals surface area contributed by atoms with Crippen LogP contribution in [0.5, 0.6) is 5.75 Å². The maximum atomic E-state index is 12.9. The summed E-state index contributed by atoms with van der Waals surface area (Å²) in [5.41, 5.74) is -1.30. The van der Waals surface area contributed by atoms with Gasteiger partial charge in [0.1, 0.15) is 11.4 Å². The van der Waals surface area contributed by atoms with Gasteiger partial charge in [0.2, 0.25) is 0 Å². The van der Waals surface area contributed by atoms with E-state index in [4.69, 9.17) is 0 Å². The van der Waals surface area contributed by atoms with E-state index in [-0.39, 0.29) is 22.9 Å². The van der Waals surface area contributed by atoms with E-state index in [0.29, 0.717) is 29.7 Å². The number of aromatic hydroxyl groups is 1. The SMILES string of the molecule is C=C(c1ccc(-c2nnc(NC3CC(C)(O)C3)c3ccccc23)c(O)c1)C(F)(F)F. The Balaban J connectivity index is 1.72. The highest BCUT2D eigenvalue weighted by molar-refractivity contribution is 6.01. The van der Waals surface area contributed by atoms with Crippen LogP contribution in [0, 0.1) is 0 Å². The Hall–Kier alpha value is -3.13. The lowest BCUT2D eigenvalue weighted by molar-refractivity contribution is -0.0686. The number of hydrogen-bond acceptors (Lipinski definition) is 5. The molecule has 3 aromatic rings. The average molecular weight is 415 g/mol. The topological polar surface area (TPSA) is 78.3 Å². The molecule has 156 valence electrons. The van der Waals surface area contributed by atoms with E-state index in [1.807, 2.05) is 24.3 Å². The number of fused-ring (bicyclic) bond motifs is 1. The van der Waals surface area contributed by atoms with E-state index >= 15 is 0 Å². The summed E-state index contributed by atoms with van der Waals surface area (Å²) in [4.78, 5) is 0. The average Bonchev–Trinajstić information content (AvgIpc) is 2.66. The number of rotatable bonds is 4. The van der Waals surface area contributed by atoms with E-state index in [9.17, 15) is 23.4 Å². The highest BCUT2D eigenvalue weighted by atomic mass is 19.4. The highest BCUT2D eigenvalue weighted by Gasteiger charge is 2.38. The molecular formula is C22H20F3N3O2. The summed E-state index contributed by atoms with van der Waals surface area (Å²) in [6.45, 7) is 4.84. The Morgan fingerprint density at radius 2 is 1.80 bits per heavy atom. The number of alkyl halides is 3. The zero-order chi connectivity index (χ0) is 21.7. The Kier molecular flexibility index (Phi) is 4.69. The van der Waals surface area contributed by atoms with Crippen LogP contribution in [0.15, 0.2) is 49.0 Å². The molecule has 30 heavy (non-hydrogen) atoms. The van der Waals surface area contributed by atoms with Crippen molar-refractivity contribution in [3.05, 3.63) is 54.6 Å². The number of phenolic OH excluding ortho intramolecular Hbond substituents is 1. The van der Waals surface area contributed by atoms with E-state index in [0.717, 1.165) is 11.5 Å². The van der Waals surface area contributed by atoms with E-state index in [1.54, 1.807) is 6.92 Å². The molecule has 4 rings (SSSR count). The van der Waals surface area contributed by atoms with Gasteiger partial charge in [-0.2, -0.15) is 13.2 Å². The van der Waals surface area contributed by atoms with Crippen LogP contribution in [-0.2, 0) is 0 Å². The van der Waals surface area contributed by atoms with Crippen molar-refractivity contribution in [1.82, 2.24) is 10.2 Å². The minimum absolute atomic E-state index is 0.0737. The van der Waals surface area contributed by atoms with Crippen molar-refractivity contribution in [2.24, 2.45) is 0 Å². The van der Waals surface area contributed by atoms with Crippen LogP contribution in [0.1, 0.15) is 25.3 Å². The lowest BCUT2D eigenvalue weighted by Crippen LogP contribution is -2.48. The maximum Gasteiger partial charge on any atom is 0.416 e. The van der Waals surface area contributed by atoms with Gasteiger partial charge >= 0.3 is 6.18 Å². The summed E-state index contributed by atoms with van der Waals surface area (Å²) in [6.07, 6.45) is -3.40. The predicted octanol–water partition coefficient (Wildman–Crippen LogP) is 4.90. The molecular weight excluding hydrogens is 395 g/mol. The van der Waals surface area contributed by atoms with Crippen molar-refractivity contribution >= 4 is 22.2 Å². The first kappa shape index (κ1) is 20.2. The number of phenols is 1. The van der Waals surface area contributed by atoms with Crippen molar-refractivity contribution < 1.29 is 23.4 Å². The van der Waals surface area contributed by atoms with E-state index in [1.165, 1.54) is 12.1 Å². The summed E-state index contributed by atoms with van der Waals surface area (Å²) in [6, 6.07) is 11.0. The lowest BCUT2D eigenvalue weighted by atomic mass is 9.77. The molecule has 5 nitrogen and oxygen atoms in total. The number of allylic oxidation sites excluding steroid dienone is 1. The molecule has 2 aromatic carbocycles. The quantitative estimate of drug-likeness (QED) is 0.565. The van der Waals surface area contributed by atoms with Gasteiger partial charge in [0.05, 0.1) is 11.2 Å². The molecule has 1 saturated carbocycles. The molecule has 0 aliphatic heterocycles. The van der Waals surface area contributed by atoms with Crippen molar-refractivity contribution in [3.63, 3.8) is 0 Å². The largest absolute Gasteiger partial charge is 0.507 e. The smallest absolute Gasteiger partial charge is 0.416 e. The Morgan fingerprint density at radius 1 is 1.13 bits per heavy atom.